The Kier molecular flexibility index (Phi) is 10.9. The predicted octanol–water partition coefficient (Wildman–Crippen LogP) is 7.70. The smallest absolute Gasteiger partial charge is 0.272 e. The second-order valence-corrected chi connectivity index (χ2v) is 13.2. The average Bonchev–Trinajstić information content (AvgIpc) is 3.60. The van der Waals surface area contributed by atoms with Gasteiger partial charge in [0.1, 0.15) is 23.0 Å². The van der Waals surface area contributed by atoms with Gasteiger partial charge in [0.2, 0.25) is 5.91 Å². The average molecular weight is 740 g/mol. The van der Waals surface area contributed by atoms with E-state index in [0.29, 0.717) is 49.0 Å². The summed E-state index contributed by atoms with van der Waals surface area (Å²) in [5.74, 6) is 0.112. The molecule has 2 heterocycles. The molecule has 1 fully saturated rings. The summed E-state index contributed by atoms with van der Waals surface area (Å²) in [5, 5.41) is 5.58. The molecule has 1 saturated heterocycles. The van der Waals surface area contributed by atoms with E-state index in [0.717, 1.165) is 20.6 Å². The van der Waals surface area contributed by atoms with Gasteiger partial charge in [-0.25, -0.2) is 4.39 Å². The van der Waals surface area contributed by atoms with Crippen LogP contribution in [0.2, 0.25) is 0 Å². The van der Waals surface area contributed by atoms with Crippen LogP contribution in [0.4, 0.5) is 15.8 Å². The molecule has 1 aliphatic rings. The summed E-state index contributed by atoms with van der Waals surface area (Å²) in [4.78, 5) is 44.3. The van der Waals surface area contributed by atoms with E-state index in [1.807, 2.05) is 47.4 Å². The maximum atomic E-state index is 13.5. The first-order valence-corrected chi connectivity index (χ1v) is 17.3. The van der Waals surface area contributed by atoms with Crippen molar-refractivity contribution in [1.29, 1.82) is 0 Å². The number of carbonyl (C=O) groups is 3. The summed E-state index contributed by atoms with van der Waals surface area (Å²) >= 11 is 4.85. The number of carbonyl (C=O) groups excluding carboxylic acids is 3. The Balaban J connectivity index is 1.07. The third kappa shape index (κ3) is 9.07. The zero-order chi connectivity index (χ0) is 34.2. The van der Waals surface area contributed by atoms with Gasteiger partial charge in [0.05, 0.1) is 5.75 Å². The van der Waals surface area contributed by atoms with Crippen molar-refractivity contribution in [2.45, 2.75) is 4.90 Å². The van der Waals surface area contributed by atoms with Crippen LogP contribution in [0.1, 0.15) is 16.1 Å². The molecule has 0 unspecified atom stereocenters. The minimum absolute atomic E-state index is 0.00846. The molecule has 1 aromatic heterocycles. The molecule has 1 aliphatic heterocycles. The van der Waals surface area contributed by atoms with Crippen molar-refractivity contribution in [2.75, 3.05) is 42.1 Å². The Morgan fingerprint density at radius 3 is 2.20 bits per heavy atom. The number of thioether (sulfide) groups is 1. The van der Waals surface area contributed by atoms with Crippen molar-refractivity contribution in [1.82, 2.24) is 10.2 Å². The fraction of sp³-hybridized carbons (Fsp3) is 0.132. The first-order chi connectivity index (χ1) is 23.8. The van der Waals surface area contributed by atoms with Gasteiger partial charge >= 0.3 is 0 Å². The molecule has 248 valence electrons. The molecule has 11 heteroatoms. The lowest BCUT2D eigenvalue weighted by atomic mass is 10.2. The van der Waals surface area contributed by atoms with Crippen LogP contribution in [0.25, 0.3) is 17.4 Å². The minimum Gasteiger partial charge on any atom is -0.457 e. The van der Waals surface area contributed by atoms with Gasteiger partial charge in [-0.3, -0.25) is 14.4 Å². The molecule has 0 saturated carbocycles. The van der Waals surface area contributed by atoms with E-state index in [1.165, 1.54) is 30.0 Å². The van der Waals surface area contributed by atoms with Gasteiger partial charge < -0.3 is 24.9 Å². The Morgan fingerprint density at radius 1 is 0.816 bits per heavy atom. The molecule has 0 radical (unpaired) electrons. The van der Waals surface area contributed by atoms with Crippen molar-refractivity contribution >= 4 is 62.9 Å². The number of furan rings is 1. The number of benzene rings is 4. The molecule has 4 aromatic carbocycles. The highest BCUT2D eigenvalue weighted by Crippen LogP contribution is 2.26. The van der Waals surface area contributed by atoms with Crippen molar-refractivity contribution in [3.05, 3.63) is 143 Å². The highest BCUT2D eigenvalue weighted by atomic mass is 79.9. The van der Waals surface area contributed by atoms with Gasteiger partial charge in [0, 0.05) is 64.1 Å². The zero-order valence-corrected chi connectivity index (χ0v) is 28.7. The Labute approximate surface area is 296 Å². The Hall–Kier alpha value is -5.13. The van der Waals surface area contributed by atoms with Gasteiger partial charge in [-0.2, -0.15) is 0 Å². The lowest BCUT2D eigenvalue weighted by molar-refractivity contribution is -0.128. The van der Waals surface area contributed by atoms with Crippen molar-refractivity contribution in [3.8, 4) is 11.3 Å². The SMILES string of the molecule is O=C(Nc1ccc(SCC(=O)N2CCN(c3ccc(F)cc3)CC2)cc1)C(=Cc1ccc(-c2ccc(Br)cc2)o1)NC(=O)c1ccccc1. The molecular formula is C38H32BrFN4O4S. The first-order valence-electron chi connectivity index (χ1n) is 15.6. The van der Waals surface area contributed by atoms with E-state index < -0.39 is 11.8 Å². The van der Waals surface area contributed by atoms with Crippen LogP contribution in [-0.4, -0.2) is 54.6 Å². The monoisotopic (exact) mass is 738 g/mol. The molecule has 0 aliphatic carbocycles. The third-order valence-electron chi connectivity index (χ3n) is 7.87. The third-order valence-corrected chi connectivity index (χ3v) is 9.40. The fourth-order valence-corrected chi connectivity index (χ4v) is 6.29. The van der Waals surface area contributed by atoms with E-state index in [9.17, 15) is 18.8 Å². The number of hydrogen-bond donors (Lipinski definition) is 2. The molecular weight excluding hydrogens is 707 g/mol. The maximum Gasteiger partial charge on any atom is 0.272 e. The molecule has 0 bridgehead atoms. The van der Waals surface area contributed by atoms with Gasteiger partial charge in [-0.15, -0.1) is 11.8 Å². The van der Waals surface area contributed by atoms with Gasteiger partial charge in [0.25, 0.3) is 11.8 Å². The summed E-state index contributed by atoms with van der Waals surface area (Å²) in [7, 11) is 0. The normalized spacial score (nSPS) is 13.2. The number of piperazine rings is 1. The van der Waals surface area contributed by atoms with E-state index >= 15 is 0 Å². The minimum atomic E-state index is -0.527. The second-order valence-electron chi connectivity index (χ2n) is 11.2. The zero-order valence-electron chi connectivity index (χ0n) is 26.3. The van der Waals surface area contributed by atoms with Crippen LogP contribution in [0.5, 0.6) is 0 Å². The lowest BCUT2D eigenvalue weighted by Gasteiger charge is -2.36. The number of nitrogens with one attached hydrogen (secondary N) is 2. The maximum absolute atomic E-state index is 13.5. The summed E-state index contributed by atoms with van der Waals surface area (Å²) in [6.07, 6.45) is 1.49. The van der Waals surface area contributed by atoms with Crippen LogP contribution in [-0.2, 0) is 9.59 Å². The number of amides is 3. The molecule has 0 spiro atoms. The van der Waals surface area contributed by atoms with Crippen molar-refractivity contribution in [2.24, 2.45) is 0 Å². The van der Waals surface area contributed by atoms with Gasteiger partial charge in [-0.05, 0) is 84.9 Å². The van der Waals surface area contributed by atoms with E-state index in [1.54, 1.807) is 60.7 Å². The number of hydrogen-bond acceptors (Lipinski definition) is 6. The highest BCUT2D eigenvalue weighted by molar-refractivity contribution is 9.10. The number of halogens is 2. The van der Waals surface area contributed by atoms with Crippen LogP contribution < -0.4 is 15.5 Å². The number of rotatable bonds is 10. The van der Waals surface area contributed by atoms with E-state index in [2.05, 4.69) is 31.5 Å². The molecule has 5 aromatic rings. The lowest BCUT2D eigenvalue weighted by Crippen LogP contribution is -2.49. The number of nitrogens with zero attached hydrogens (tertiary/aromatic N) is 2. The fourth-order valence-electron chi connectivity index (χ4n) is 5.22. The highest BCUT2D eigenvalue weighted by Gasteiger charge is 2.22. The predicted molar refractivity (Wildman–Crippen MR) is 195 cm³/mol. The molecule has 2 N–H and O–H groups in total. The van der Waals surface area contributed by atoms with Gasteiger partial charge in [-0.1, -0.05) is 46.3 Å². The van der Waals surface area contributed by atoms with Crippen molar-refractivity contribution in [3.63, 3.8) is 0 Å². The Morgan fingerprint density at radius 2 is 1.51 bits per heavy atom. The van der Waals surface area contributed by atoms with E-state index in [-0.39, 0.29) is 23.2 Å². The summed E-state index contributed by atoms with van der Waals surface area (Å²) in [6.45, 7) is 2.57. The van der Waals surface area contributed by atoms with Gasteiger partial charge in [0.15, 0.2) is 0 Å². The summed E-state index contributed by atoms with van der Waals surface area (Å²) in [6, 6.07) is 33.4. The largest absolute Gasteiger partial charge is 0.457 e. The van der Waals surface area contributed by atoms with Crippen LogP contribution in [0, 0.1) is 5.82 Å². The summed E-state index contributed by atoms with van der Waals surface area (Å²) in [5.41, 5.74) is 2.75. The van der Waals surface area contributed by atoms with Crippen LogP contribution >= 0.6 is 27.7 Å². The topological polar surface area (TPSA) is 94.9 Å². The standard InChI is InChI=1S/C38H32BrFN4O4S/c39-28-8-6-26(7-9-28)35-19-16-32(48-35)24-34(42-37(46)27-4-2-1-3-5-27)38(47)41-30-12-17-33(18-13-30)49-25-36(45)44-22-20-43(21-23-44)31-14-10-29(40)11-15-31/h1-19,24H,20-23,25H2,(H,41,47)(H,42,46). The second kappa shape index (κ2) is 15.8. The summed E-state index contributed by atoms with van der Waals surface area (Å²) < 4.78 is 20.2. The number of anilines is 2. The van der Waals surface area contributed by atoms with E-state index in [4.69, 9.17) is 4.42 Å². The quantitative estimate of drug-likeness (QED) is 0.113. The molecule has 6 rings (SSSR count). The molecule has 49 heavy (non-hydrogen) atoms. The van der Waals surface area contributed by atoms with Crippen LogP contribution in [0.15, 0.2) is 135 Å². The molecule has 0 atom stereocenters. The Bertz CT molecular complexity index is 1940. The first kappa shape index (κ1) is 33.8. The van der Waals surface area contributed by atoms with Crippen LogP contribution in [0.3, 0.4) is 0 Å². The molecule has 3 amide bonds. The molecule has 8 nitrogen and oxygen atoms in total. The van der Waals surface area contributed by atoms with Crippen molar-refractivity contribution < 1.29 is 23.2 Å².